The summed E-state index contributed by atoms with van der Waals surface area (Å²) >= 11 is 1.88. The summed E-state index contributed by atoms with van der Waals surface area (Å²) in [6.45, 7) is 7.32. The second-order valence-electron chi connectivity index (χ2n) is 8.49. The number of amides is 2. The fraction of sp³-hybridized carbons (Fsp3) is 0.400. The molecule has 0 fully saturated rings. The van der Waals surface area contributed by atoms with Crippen molar-refractivity contribution in [2.24, 2.45) is 0 Å². The summed E-state index contributed by atoms with van der Waals surface area (Å²) in [5, 5.41) is 4.41. The highest BCUT2D eigenvalue weighted by Gasteiger charge is 2.34. The van der Waals surface area contributed by atoms with Gasteiger partial charge < -0.3 is 24.4 Å². The normalized spacial score (nSPS) is 17.8. The third kappa shape index (κ3) is 3.59. The van der Waals surface area contributed by atoms with Gasteiger partial charge in [0, 0.05) is 35.4 Å². The molecule has 4 heterocycles. The number of carbonyl (C=O) groups is 1. The fourth-order valence-corrected chi connectivity index (χ4v) is 6.35. The Morgan fingerprint density at radius 2 is 2.00 bits per heavy atom. The van der Waals surface area contributed by atoms with Crippen LogP contribution in [-0.4, -0.2) is 40.6 Å². The number of thiophene rings is 1. The van der Waals surface area contributed by atoms with Crippen LogP contribution in [0.15, 0.2) is 42.6 Å². The highest BCUT2D eigenvalue weighted by Crippen LogP contribution is 2.42. The average Bonchev–Trinajstić information content (AvgIpc) is 3.37. The number of carbonyl (C=O) groups excluding carboxylic acids is 1. The van der Waals surface area contributed by atoms with Crippen molar-refractivity contribution in [1.82, 2.24) is 14.4 Å². The summed E-state index contributed by atoms with van der Waals surface area (Å²) < 4.78 is 8.05. The molecular formula is C25H30N4O2S. The number of aromatic nitrogens is 1. The third-order valence-corrected chi connectivity index (χ3v) is 7.72. The molecule has 0 bridgehead atoms. The number of nitrogens with one attached hydrogen (secondary N) is 1. The van der Waals surface area contributed by atoms with Crippen LogP contribution in [0.1, 0.15) is 48.0 Å². The lowest BCUT2D eigenvalue weighted by Crippen LogP contribution is -2.37. The Labute approximate surface area is 193 Å². The monoisotopic (exact) mass is 450 g/mol. The second kappa shape index (κ2) is 8.64. The Morgan fingerprint density at radius 3 is 2.81 bits per heavy atom. The van der Waals surface area contributed by atoms with Gasteiger partial charge in [0.1, 0.15) is 10.8 Å². The van der Waals surface area contributed by atoms with Crippen molar-refractivity contribution < 1.29 is 9.53 Å². The average molecular weight is 451 g/mol. The van der Waals surface area contributed by atoms with Gasteiger partial charge in [-0.1, -0.05) is 19.1 Å². The summed E-state index contributed by atoms with van der Waals surface area (Å²) in [5.41, 5.74) is 4.63. The number of hydrogen-bond acceptors (Lipinski definition) is 4. The van der Waals surface area contributed by atoms with Crippen LogP contribution >= 0.6 is 11.3 Å². The van der Waals surface area contributed by atoms with E-state index < -0.39 is 0 Å². The summed E-state index contributed by atoms with van der Waals surface area (Å²) in [7, 11) is 2.18. The lowest BCUT2D eigenvalue weighted by atomic mass is 10.0. The number of rotatable bonds is 4. The molecule has 168 valence electrons. The first-order chi connectivity index (χ1) is 15.6. The number of fused-ring (bicyclic) bond motifs is 5. The molecule has 0 saturated heterocycles. The van der Waals surface area contributed by atoms with Crippen molar-refractivity contribution >= 4 is 23.1 Å². The van der Waals surface area contributed by atoms with E-state index >= 15 is 0 Å². The molecule has 1 atom stereocenters. The zero-order valence-corrected chi connectivity index (χ0v) is 19.7. The predicted octanol–water partition coefficient (Wildman–Crippen LogP) is 5.42. The van der Waals surface area contributed by atoms with Crippen molar-refractivity contribution in [2.75, 3.05) is 25.5 Å². The van der Waals surface area contributed by atoms with Gasteiger partial charge in [-0.25, -0.2) is 4.79 Å². The van der Waals surface area contributed by atoms with Gasteiger partial charge in [0.2, 0.25) is 0 Å². The molecule has 7 heteroatoms. The predicted molar refractivity (Wildman–Crippen MR) is 129 cm³/mol. The maximum absolute atomic E-state index is 13.7. The van der Waals surface area contributed by atoms with Crippen molar-refractivity contribution in [3.05, 3.63) is 64.3 Å². The molecule has 6 nitrogen and oxygen atoms in total. The molecular weight excluding hydrogens is 420 g/mol. The smallest absolute Gasteiger partial charge is 0.322 e. The van der Waals surface area contributed by atoms with Crippen LogP contribution in [0.25, 0.3) is 5.00 Å². The highest BCUT2D eigenvalue weighted by molar-refractivity contribution is 7.15. The number of hydrogen-bond donors (Lipinski definition) is 1. The number of urea groups is 1. The standard InChI is InChI=1S/C25H30N4O2S/c1-4-20-21-10-8-13-28(21)24-18(17-12-14-27(3)16-23(17)32-24)15-29(20)25(30)26-19-9-6-7-11-22(19)31-5-2/h6-11,13,20H,4-5,12,14-16H2,1-3H3,(H,26,30)/t20-/m1/s1. The van der Waals surface area contributed by atoms with Crippen molar-refractivity contribution in [3.8, 4) is 10.8 Å². The molecule has 0 unspecified atom stereocenters. The SMILES string of the molecule is CCOc1ccccc1NC(=O)N1Cc2c(sc3c2CCN(C)C3)-n2cccc2[C@H]1CC. The first-order valence-electron chi connectivity index (χ1n) is 11.4. The Kier molecular flexibility index (Phi) is 5.69. The van der Waals surface area contributed by atoms with E-state index in [2.05, 4.69) is 47.1 Å². The molecule has 32 heavy (non-hydrogen) atoms. The van der Waals surface area contributed by atoms with Crippen LogP contribution in [0.2, 0.25) is 0 Å². The number of anilines is 1. The Morgan fingerprint density at radius 1 is 1.16 bits per heavy atom. The van der Waals surface area contributed by atoms with E-state index in [1.165, 1.54) is 26.7 Å². The first-order valence-corrected chi connectivity index (χ1v) is 12.2. The molecule has 0 saturated carbocycles. The van der Waals surface area contributed by atoms with Gasteiger partial charge in [0.25, 0.3) is 0 Å². The van der Waals surface area contributed by atoms with Gasteiger partial charge in [0.05, 0.1) is 24.9 Å². The minimum atomic E-state index is -0.0857. The zero-order chi connectivity index (χ0) is 22.2. The summed E-state index contributed by atoms with van der Waals surface area (Å²) in [6, 6.07) is 11.8. The lowest BCUT2D eigenvalue weighted by molar-refractivity contribution is 0.181. The molecule has 2 amide bonds. The van der Waals surface area contributed by atoms with E-state index in [1.54, 1.807) is 0 Å². The van der Waals surface area contributed by atoms with Gasteiger partial charge in [0.15, 0.2) is 0 Å². The van der Waals surface area contributed by atoms with Crippen LogP contribution in [0, 0.1) is 0 Å². The number of nitrogens with zero attached hydrogens (tertiary/aromatic N) is 3. The molecule has 2 aliphatic heterocycles. The molecule has 0 radical (unpaired) electrons. The molecule has 1 aromatic carbocycles. The highest BCUT2D eigenvalue weighted by atomic mass is 32.1. The van der Waals surface area contributed by atoms with E-state index in [4.69, 9.17) is 4.74 Å². The van der Waals surface area contributed by atoms with Crippen LogP contribution in [0.3, 0.4) is 0 Å². The Hall–Kier alpha value is -2.77. The van der Waals surface area contributed by atoms with E-state index in [1.807, 2.05) is 47.4 Å². The largest absolute Gasteiger partial charge is 0.492 e. The van der Waals surface area contributed by atoms with Gasteiger partial charge in [-0.3, -0.25) is 0 Å². The van der Waals surface area contributed by atoms with E-state index in [0.29, 0.717) is 24.6 Å². The lowest BCUT2D eigenvalue weighted by Gasteiger charge is -2.31. The van der Waals surface area contributed by atoms with Crippen molar-refractivity contribution in [1.29, 1.82) is 0 Å². The topological polar surface area (TPSA) is 49.7 Å². The summed E-state index contributed by atoms with van der Waals surface area (Å²) in [6.07, 6.45) is 4.03. The van der Waals surface area contributed by atoms with Crippen LogP contribution < -0.4 is 10.1 Å². The minimum Gasteiger partial charge on any atom is -0.492 e. The fourth-order valence-electron chi connectivity index (χ4n) is 4.91. The number of likely N-dealkylation sites (N-methyl/N-ethyl adjacent to an activating group) is 1. The van der Waals surface area contributed by atoms with E-state index in [-0.39, 0.29) is 12.1 Å². The molecule has 2 aliphatic rings. The second-order valence-corrected chi connectivity index (χ2v) is 9.57. The maximum Gasteiger partial charge on any atom is 0.322 e. The van der Waals surface area contributed by atoms with Crippen LogP contribution in [0.4, 0.5) is 10.5 Å². The van der Waals surface area contributed by atoms with Gasteiger partial charge in [-0.15, -0.1) is 11.3 Å². The minimum absolute atomic E-state index is 0.00534. The molecule has 3 aromatic rings. The third-order valence-electron chi connectivity index (χ3n) is 6.46. The van der Waals surface area contributed by atoms with Gasteiger partial charge in [-0.05, 0) is 56.6 Å². The van der Waals surface area contributed by atoms with E-state index in [0.717, 1.165) is 25.9 Å². The number of para-hydroxylation sites is 2. The molecule has 2 aromatic heterocycles. The Balaban J connectivity index is 1.54. The molecule has 0 spiro atoms. The van der Waals surface area contributed by atoms with Crippen molar-refractivity contribution in [3.63, 3.8) is 0 Å². The van der Waals surface area contributed by atoms with E-state index in [9.17, 15) is 4.79 Å². The van der Waals surface area contributed by atoms with Crippen molar-refractivity contribution in [2.45, 2.75) is 45.8 Å². The molecule has 5 rings (SSSR count). The number of ether oxygens (including phenoxy) is 1. The zero-order valence-electron chi connectivity index (χ0n) is 18.9. The Bertz CT molecular complexity index is 1130. The van der Waals surface area contributed by atoms with Crippen LogP contribution in [-0.2, 0) is 19.5 Å². The molecule has 0 aliphatic carbocycles. The summed E-state index contributed by atoms with van der Waals surface area (Å²) in [4.78, 5) is 19.5. The first kappa shape index (κ1) is 21.1. The maximum atomic E-state index is 13.7. The quantitative estimate of drug-likeness (QED) is 0.577. The van der Waals surface area contributed by atoms with Crippen LogP contribution in [0.5, 0.6) is 5.75 Å². The summed E-state index contributed by atoms with van der Waals surface area (Å²) in [5.74, 6) is 0.700. The van der Waals surface area contributed by atoms with Gasteiger partial charge in [-0.2, -0.15) is 0 Å². The molecule has 1 N–H and O–H groups in total. The number of benzene rings is 1. The van der Waals surface area contributed by atoms with Gasteiger partial charge >= 0.3 is 6.03 Å².